The standard InChI is InChI=1S/C12H17N5O2/c1-13-6-8-15(2)11(18)9-17-12(19)16-7-4-3-5-10(16)14-17/h3-5,7,13H,6,8-9H2,1-2H3. The maximum absolute atomic E-state index is 12.0. The summed E-state index contributed by atoms with van der Waals surface area (Å²) in [5.74, 6) is -0.138. The van der Waals surface area contributed by atoms with Crippen molar-refractivity contribution in [3.8, 4) is 0 Å². The average Bonchev–Trinajstić information content (AvgIpc) is 2.73. The molecule has 2 aromatic rings. The van der Waals surface area contributed by atoms with Gasteiger partial charge in [-0.05, 0) is 19.2 Å². The molecule has 1 amide bonds. The highest BCUT2D eigenvalue weighted by molar-refractivity contribution is 5.75. The molecule has 102 valence electrons. The summed E-state index contributed by atoms with van der Waals surface area (Å²) in [7, 11) is 3.53. The van der Waals surface area contributed by atoms with E-state index in [0.29, 0.717) is 18.7 Å². The molecule has 0 radical (unpaired) electrons. The van der Waals surface area contributed by atoms with Crippen LogP contribution in [0.2, 0.25) is 0 Å². The lowest BCUT2D eigenvalue weighted by molar-refractivity contribution is -0.130. The number of hydrogen-bond acceptors (Lipinski definition) is 4. The van der Waals surface area contributed by atoms with Gasteiger partial charge in [-0.2, -0.15) is 0 Å². The van der Waals surface area contributed by atoms with E-state index in [-0.39, 0.29) is 18.1 Å². The van der Waals surface area contributed by atoms with E-state index in [1.54, 1.807) is 36.3 Å². The van der Waals surface area contributed by atoms with E-state index < -0.39 is 0 Å². The van der Waals surface area contributed by atoms with E-state index in [1.165, 1.54) is 9.08 Å². The van der Waals surface area contributed by atoms with E-state index in [1.807, 2.05) is 7.05 Å². The number of nitrogens with one attached hydrogen (secondary N) is 1. The molecule has 0 spiro atoms. The molecule has 0 aliphatic rings. The normalized spacial score (nSPS) is 10.8. The molecule has 2 aromatic heterocycles. The van der Waals surface area contributed by atoms with Gasteiger partial charge in [-0.3, -0.25) is 9.20 Å². The van der Waals surface area contributed by atoms with Gasteiger partial charge in [0.2, 0.25) is 5.91 Å². The molecule has 0 saturated carbocycles. The molecule has 0 aromatic carbocycles. The van der Waals surface area contributed by atoms with Crippen LogP contribution in [-0.4, -0.2) is 52.2 Å². The van der Waals surface area contributed by atoms with Crippen LogP contribution in [0, 0.1) is 0 Å². The molecule has 0 saturated heterocycles. The Bertz CT molecular complexity index is 630. The van der Waals surface area contributed by atoms with Gasteiger partial charge < -0.3 is 10.2 Å². The van der Waals surface area contributed by atoms with E-state index in [4.69, 9.17) is 0 Å². The van der Waals surface area contributed by atoms with Crippen LogP contribution in [0.4, 0.5) is 0 Å². The van der Waals surface area contributed by atoms with Crippen LogP contribution >= 0.6 is 0 Å². The SMILES string of the molecule is CNCCN(C)C(=O)Cn1nc2ccccn2c1=O. The summed E-state index contributed by atoms with van der Waals surface area (Å²) >= 11 is 0. The summed E-state index contributed by atoms with van der Waals surface area (Å²) in [4.78, 5) is 25.5. The number of carbonyl (C=O) groups is 1. The van der Waals surface area contributed by atoms with Crippen LogP contribution in [0.25, 0.3) is 5.65 Å². The number of pyridine rings is 1. The Labute approximate surface area is 110 Å². The monoisotopic (exact) mass is 263 g/mol. The predicted octanol–water partition coefficient (Wildman–Crippen LogP) is -0.826. The molecule has 2 rings (SSSR count). The molecule has 7 heteroatoms. The van der Waals surface area contributed by atoms with Gasteiger partial charge >= 0.3 is 5.69 Å². The topological polar surface area (TPSA) is 71.6 Å². The number of amides is 1. The third-order valence-corrected chi connectivity index (χ3v) is 2.90. The van der Waals surface area contributed by atoms with Gasteiger partial charge in [-0.15, -0.1) is 5.10 Å². The molecule has 0 atom stereocenters. The molecular formula is C12H17N5O2. The number of hydrogen-bond donors (Lipinski definition) is 1. The zero-order chi connectivity index (χ0) is 13.8. The van der Waals surface area contributed by atoms with Crippen molar-refractivity contribution in [3.63, 3.8) is 0 Å². The molecule has 1 N–H and O–H groups in total. The smallest absolute Gasteiger partial charge is 0.343 e. The third kappa shape index (κ3) is 2.82. The lowest BCUT2D eigenvalue weighted by atomic mass is 10.5. The fourth-order valence-electron chi connectivity index (χ4n) is 1.72. The Morgan fingerprint density at radius 2 is 2.26 bits per heavy atom. The van der Waals surface area contributed by atoms with Gasteiger partial charge in [0.1, 0.15) is 6.54 Å². The minimum atomic E-state index is -0.300. The minimum Gasteiger partial charge on any atom is -0.343 e. The van der Waals surface area contributed by atoms with Gasteiger partial charge in [0.25, 0.3) is 0 Å². The minimum absolute atomic E-state index is 0.0409. The van der Waals surface area contributed by atoms with Crippen molar-refractivity contribution in [1.29, 1.82) is 0 Å². The highest BCUT2D eigenvalue weighted by Gasteiger charge is 2.13. The van der Waals surface area contributed by atoms with E-state index in [0.717, 1.165) is 0 Å². The summed E-state index contributed by atoms with van der Waals surface area (Å²) in [5, 5.41) is 7.09. The van der Waals surface area contributed by atoms with Crippen LogP contribution in [0.15, 0.2) is 29.2 Å². The summed E-state index contributed by atoms with van der Waals surface area (Å²) in [6.07, 6.45) is 1.64. The summed E-state index contributed by atoms with van der Waals surface area (Å²) in [6, 6.07) is 5.28. The molecule has 0 aliphatic carbocycles. The lowest BCUT2D eigenvalue weighted by Crippen LogP contribution is -2.37. The summed E-state index contributed by atoms with van der Waals surface area (Å²) in [6.45, 7) is 1.26. The molecule has 0 fully saturated rings. The van der Waals surface area contributed by atoms with Gasteiger partial charge in [-0.25, -0.2) is 9.48 Å². The van der Waals surface area contributed by atoms with Gasteiger partial charge in [0.05, 0.1) is 0 Å². The largest absolute Gasteiger partial charge is 0.350 e. The number of likely N-dealkylation sites (N-methyl/N-ethyl adjacent to an activating group) is 2. The first-order valence-electron chi connectivity index (χ1n) is 6.06. The Morgan fingerprint density at radius 1 is 1.47 bits per heavy atom. The second-order valence-electron chi connectivity index (χ2n) is 4.29. The maximum atomic E-state index is 12.0. The second-order valence-corrected chi connectivity index (χ2v) is 4.29. The predicted molar refractivity (Wildman–Crippen MR) is 71.0 cm³/mol. The molecule has 0 aliphatic heterocycles. The van der Waals surface area contributed by atoms with Gasteiger partial charge in [0.15, 0.2) is 5.65 Å². The second kappa shape index (κ2) is 5.66. The van der Waals surface area contributed by atoms with Crippen LogP contribution in [-0.2, 0) is 11.3 Å². The summed E-state index contributed by atoms with van der Waals surface area (Å²) < 4.78 is 2.61. The lowest BCUT2D eigenvalue weighted by Gasteiger charge is -2.16. The molecule has 0 bridgehead atoms. The average molecular weight is 263 g/mol. The Kier molecular flexibility index (Phi) is 3.96. The van der Waals surface area contributed by atoms with Crippen LogP contribution in [0.3, 0.4) is 0 Å². The zero-order valence-corrected chi connectivity index (χ0v) is 11.0. The summed E-state index contributed by atoms with van der Waals surface area (Å²) in [5.41, 5.74) is 0.240. The number of nitrogens with zero attached hydrogens (tertiary/aromatic N) is 4. The highest BCUT2D eigenvalue weighted by atomic mass is 16.2. The van der Waals surface area contributed by atoms with Gasteiger partial charge in [0, 0.05) is 26.3 Å². The number of rotatable bonds is 5. The first kappa shape index (κ1) is 13.3. The van der Waals surface area contributed by atoms with Crippen LogP contribution in [0.5, 0.6) is 0 Å². The molecule has 2 heterocycles. The van der Waals surface area contributed by atoms with Crippen molar-refractivity contribution in [2.75, 3.05) is 27.2 Å². The quantitative estimate of drug-likeness (QED) is 0.764. The number of carbonyl (C=O) groups excluding carboxylic acids is 1. The fourth-order valence-corrected chi connectivity index (χ4v) is 1.72. The Hall–Kier alpha value is -2.15. The Balaban J connectivity index is 2.15. The fraction of sp³-hybridized carbons (Fsp3) is 0.417. The van der Waals surface area contributed by atoms with E-state index in [2.05, 4.69) is 10.4 Å². The zero-order valence-electron chi connectivity index (χ0n) is 11.0. The third-order valence-electron chi connectivity index (χ3n) is 2.90. The first-order chi connectivity index (χ1) is 9.13. The molecular weight excluding hydrogens is 246 g/mol. The van der Waals surface area contributed by atoms with Crippen molar-refractivity contribution in [2.24, 2.45) is 0 Å². The Morgan fingerprint density at radius 3 is 2.95 bits per heavy atom. The van der Waals surface area contributed by atoms with E-state index in [9.17, 15) is 9.59 Å². The maximum Gasteiger partial charge on any atom is 0.350 e. The first-order valence-corrected chi connectivity index (χ1v) is 6.06. The van der Waals surface area contributed by atoms with Crippen molar-refractivity contribution >= 4 is 11.6 Å². The van der Waals surface area contributed by atoms with Crippen molar-refractivity contribution in [2.45, 2.75) is 6.54 Å². The highest BCUT2D eigenvalue weighted by Crippen LogP contribution is 1.95. The number of fused-ring (bicyclic) bond motifs is 1. The molecule has 19 heavy (non-hydrogen) atoms. The van der Waals surface area contributed by atoms with Crippen molar-refractivity contribution in [1.82, 2.24) is 24.4 Å². The van der Waals surface area contributed by atoms with Crippen molar-refractivity contribution in [3.05, 3.63) is 34.9 Å². The molecule has 7 nitrogen and oxygen atoms in total. The number of aromatic nitrogens is 3. The van der Waals surface area contributed by atoms with Gasteiger partial charge in [-0.1, -0.05) is 6.07 Å². The van der Waals surface area contributed by atoms with Crippen LogP contribution < -0.4 is 11.0 Å². The molecule has 0 unspecified atom stereocenters. The van der Waals surface area contributed by atoms with E-state index >= 15 is 0 Å². The van der Waals surface area contributed by atoms with Crippen LogP contribution in [0.1, 0.15) is 0 Å². The van der Waals surface area contributed by atoms with Crippen molar-refractivity contribution < 1.29 is 4.79 Å².